The Morgan fingerprint density at radius 1 is 1.24 bits per heavy atom. The Morgan fingerprint density at radius 2 is 1.76 bits per heavy atom. The van der Waals surface area contributed by atoms with Gasteiger partial charge in [-0.3, -0.25) is 4.57 Å². The first kappa shape index (κ1) is 14.0. The van der Waals surface area contributed by atoms with Crippen molar-refractivity contribution in [3.05, 3.63) is 42.3 Å². The number of anilines is 1. The van der Waals surface area contributed by atoms with Crippen LogP contribution in [0.1, 0.15) is 13.8 Å². The first-order chi connectivity index (χ1) is 8.12. The molecule has 0 spiro atoms. The molecule has 1 aromatic rings. The van der Waals surface area contributed by atoms with Crippen molar-refractivity contribution < 1.29 is 13.6 Å². The predicted molar refractivity (Wildman–Crippen MR) is 70.1 cm³/mol. The van der Waals surface area contributed by atoms with Crippen LogP contribution in [0.4, 0.5) is 5.69 Å². The normalized spacial score (nSPS) is 11.2. The highest BCUT2D eigenvalue weighted by atomic mass is 31.2. The van der Waals surface area contributed by atoms with Gasteiger partial charge in [-0.15, -0.1) is 0 Å². The van der Waals surface area contributed by atoms with Gasteiger partial charge < -0.3 is 14.4 Å². The summed E-state index contributed by atoms with van der Waals surface area (Å²) in [5, 5.41) is 2.94. The van der Waals surface area contributed by atoms with Crippen molar-refractivity contribution >= 4 is 13.3 Å². The number of rotatable bonds is 7. The van der Waals surface area contributed by atoms with Crippen molar-refractivity contribution in [1.29, 1.82) is 0 Å². The first-order valence-electron chi connectivity index (χ1n) is 5.53. The van der Waals surface area contributed by atoms with Crippen LogP contribution in [-0.2, 0) is 13.6 Å². The van der Waals surface area contributed by atoms with E-state index in [0.717, 1.165) is 5.69 Å². The summed E-state index contributed by atoms with van der Waals surface area (Å²) in [7, 11) is -3.28. The molecule has 0 bridgehead atoms. The molecule has 0 saturated carbocycles. The Balaban J connectivity index is 2.76. The van der Waals surface area contributed by atoms with Gasteiger partial charge in [0, 0.05) is 5.69 Å². The van der Waals surface area contributed by atoms with E-state index in [-0.39, 0.29) is 5.44 Å². The van der Waals surface area contributed by atoms with E-state index >= 15 is 0 Å². The lowest BCUT2D eigenvalue weighted by Crippen LogP contribution is -2.05. The molecule has 0 aliphatic heterocycles. The highest BCUT2D eigenvalue weighted by molar-refractivity contribution is 7.58. The van der Waals surface area contributed by atoms with E-state index in [9.17, 15) is 4.57 Å². The van der Waals surface area contributed by atoms with Crippen LogP contribution in [0, 0.1) is 0 Å². The summed E-state index contributed by atoms with van der Waals surface area (Å²) < 4.78 is 22.7. The molecule has 0 saturated heterocycles. The Morgan fingerprint density at radius 3 is 2.24 bits per heavy atom. The van der Waals surface area contributed by atoms with Crippen molar-refractivity contribution in [2.75, 3.05) is 18.5 Å². The first-order valence-corrected chi connectivity index (χ1v) is 7.07. The van der Waals surface area contributed by atoms with Gasteiger partial charge in [0.1, 0.15) is 5.44 Å². The SMILES string of the molecule is C=C(Nc1ccccc1)P(=O)(OCC)OCC. The Labute approximate surface area is 102 Å². The molecule has 17 heavy (non-hydrogen) atoms. The molecule has 0 amide bonds. The van der Waals surface area contributed by atoms with Crippen LogP contribution in [0.15, 0.2) is 42.3 Å². The van der Waals surface area contributed by atoms with Crippen LogP contribution in [0.25, 0.3) is 0 Å². The van der Waals surface area contributed by atoms with E-state index in [1.165, 1.54) is 0 Å². The lowest BCUT2D eigenvalue weighted by atomic mass is 10.3. The molecule has 0 aromatic heterocycles. The molecule has 0 heterocycles. The van der Waals surface area contributed by atoms with Crippen molar-refractivity contribution in [2.45, 2.75) is 13.8 Å². The summed E-state index contributed by atoms with van der Waals surface area (Å²) in [4.78, 5) is 0. The Kier molecular flexibility index (Phi) is 5.42. The van der Waals surface area contributed by atoms with Gasteiger partial charge in [-0.2, -0.15) is 0 Å². The van der Waals surface area contributed by atoms with E-state index in [1.54, 1.807) is 13.8 Å². The zero-order valence-corrected chi connectivity index (χ0v) is 11.1. The molecule has 0 aliphatic rings. The molecule has 0 aliphatic carbocycles. The van der Waals surface area contributed by atoms with Crippen LogP contribution in [0.3, 0.4) is 0 Å². The summed E-state index contributed by atoms with van der Waals surface area (Å²) in [5.41, 5.74) is 1.06. The second-order valence-electron chi connectivity index (χ2n) is 3.27. The highest BCUT2D eigenvalue weighted by Crippen LogP contribution is 2.54. The van der Waals surface area contributed by atoms with E-state index in [2.05, 4.69) is 11.9 Å². The summed E-state index contributed by atoms with van der Waals surface area (Å²) in [6.45, 7) is 7.89. The molecule has 4 nitrogen and oxygen atoms in total. The van der Waals surface area contributed by atoms with Gasteiger partial charge in [0.05, 0.1) is 13.2 Å². The number of nitrogens with one attached hydrogen (secondary N) is 1. The van der Waals surface area contributed by atoms with Crippen LogP contribution >= 0.6 is 7.60 Å². The van der Waals surface area contributed by atoms with Gasteiger partial charge >= 0.3 is 7.60 Å². The number of hydrogen-bond donors (Lipinski definition) is 1. The minimum Gasteiger partial charge on any atom is -0.349 e. The molecule has 1 N–H and O–H groups in total. The lowest BCUT2D eigenvalue weighted by molar-refractivity contribution is 0.226. The average molecular weight is 255 g/mol. The third-order valence-electron chi connectivity index (χ3n) is 1.99. The van der Waals surface area contributed by atoms with Gasteiger partial charge in [-0.05, 0) is 26.0 Å². The fourth-order valence-corrected chi connectivity index (χ4v) is 2.62. The molecule has 0 atom stereocenters. The Bertz CT molecular complexity index is 395. The third kappa shape index (κ3) is 4.00. The maximum atomic E-state index is 12.3. The molecule has 0 radical (unpaired) electrons. The fraction of sp³-hybridized carbons (Fsp3) is 0.333. The quantitative estimate of drug-likeness (QED) is 0.752. The average Bonchev–Trinajstić information content (AvgIpc) is 2.31. The monoisotopic (exact) mass is 255 g/mol. The number of para-hydroxylation sites is 1. The van der Waals surface area contributed by atoms with Gasteiger partial charge in [0.25, 0.3) is 0 Å². The molecule has 1 rings (SSSR count). The second kappa shape index (κ2) is 6.60. The number of benzene rings is 1. The molecular weight excluding hydrogens is 237 g/mol. The van der Waals surface area contributed by atoms with Crippen molar-refractivity contribution in [3.63, 3.8) is 0 Å². The molecule has 94 valence electrons. The Hall–Kier alpha value is -1.09. The highest BCUT2D eigenvalue weighted by Gasteiger charge is 2.28. The zero-order chi connectivity index (χ0) is 12.7. The zero-order valence-electron chi connectivity index (χ0n) is 10.2. The smallest absolute Gasteiger partial charge is 0.349 e. The summed E-state index contributed by atoms with van der Waals surface area (Å²) in [6, 6.07) is 9.36. The molecular formula is C12H18NO3P. The van der Waals surface area contributed by atoms with Crippen LogP contribution in [0.2, 0.25) is 0 Å². The minimum atomic E-state index is -3.28. The van der Waals surface area contributed by atoms with Gasteiger partial charge in [0.2, 0.25) is 0 Å². The molecule has 0 unspecified atom stereocenters. The minimum absolute atomic E-state index is 0.257. The maximum Gasteiger partial charge on any atom is 0.376 e. The maximum absolute atomic E-state index is 12.3. The van der Waals surface area contributed by atoms with E-state index in [4.69, 9.17) is 9.05 Å². The van der Waals surface area contributed by atoms with Gasteiger partial charge in [-0.1, -0.05) is 24.8 Å². The molecule has 0 fully saturated rings. The summed E-state index contributed by atoms with van der Waals surface area (Å²) in [5.74, 6) is 0. The summed E-state index contributed by atoms with van der Waals surface area (Å²) in [6.07, 6.45) is 0. The second-order valence-corrected chi connectivity index (χ2v) is 5.32. The van der Waals surface area contributed by atoms with Crippen LogP contribution < -0.4 is 5.32 Å². The largest absolute Gasteiger partial charge is 0.376 e. The van der Waals surface area contributed by atoms with Crippen LogP contribution in [0.5, 0.6) is 0 Å². The van der Waals surface area contributed by atoms with Crippen molar-refractivity contribution in [3.8, 4) is 0 Å². The van der Waals surface area contributed by atoms with E-state index in [1.807, 2.05) is 30.3 Å². The standard InChI is InChI=1S/C12H18NO3P/c1-4-15-17(14,16-5-2)11(3)13-12-9-7-6-8-10-12/h6-10,13H,3-5H2,1-2H3. The van der Waals surface area contributed by atoms with E-state index < -0.39 is 7.60 Å². The van der Waals surface area contributed by atoms with Gasteiger partial charge in [-0.25, -0.2) is 0 Å². The lowest BCUT2D eigenvalue weighted by Gasteiger charge is -2.20. The van der Waals surface area contributed by atoms with Crippen molar-refractivity contribution in [1.82, 2.24) is 0 Å². The number of hydrogen-bond acceptors (Lipinski definition) is 4. The van der Waals surface area contributed by atoms with Crippen LogP contribution in [-0.4, -0.2) is 13.2 Å². The molecule has 1 aromatic carbocycles. The third-order valence-corrected chi connectivity index (χ3v) is 3.96. The topological polar surface area (TPSA) is 47.6 Å². The van der Waals surface area contributed by atoms with Crippen molar-refractivity contribution in [2.24, 2.45) is 0 Å². The summed E-state index contributed by atoms with van der Waals surface area (Å²) >= 11 is 0. The fourth-order valence-electron chi connectivity index (χ4n) is 1.29. The predicted octanol–water partition coefficient (Wildman–Crippen LogP) is 3.84. The molecule has 5 heteroatoms. The van der Waals surface area contributed by atoms with E-state index in [0.29, 0.717) is 13.2 Å². The van der Waals surface area contributed by atoms with Gasteiger partial charge in [0.15, 0.2) is 0 Å².